The summed E-state index contributed by atoms with van der Waals surface area (Å²) in [5, 5.41) is 0. The Morgan fingerprint density at radius 2 is 1.28 bits per heavy atom. The molecule has 0 unspecified atom stereocenters. The van der Waals surface area contributed by atoms with Gasteiger partial charge in [-0.15, -0.1) is 0 Å². The predicted molar refractivity (Wildman–Crippen MR) is 94.5 cm³/mol. The number of esters is 1. The second-order valence-electron chi connectivity index (χ2n) is 5.54. The summed E-state index contributed by atoms with van der Waals surface area (Å²) < 4.78 is 30.4. The van der Waals surface area contributed by atoms with Crippen molar-refractivity contribution in [1.82, 2.24) is 0 Å². The molecule has 3 rings (SSSR count). The molecule has 126 valence electrons. The van der Waals surface area contributed by atoms with Gasteiger partial charge in [-0.25, -0.2) is 13.2 Å². The quantitative estimate of drug-likeness (QED) is 0.525. The van der Waals surface area contributed by atoms with Crippen LogP contribution in [0.1, 0.15) is 15.9 Å². The van der Waals surface area contributed by atoms with Crippen molar-refractivity contribution >= 4 is 15.8 Å². The number of hydrogen-bond donors (Lipinski definition) is 0. The largest absolute Gasteiger partial charge is 0.423 e. The Balaban J connectivity index is 1.80. The van der Waals surface area contributed by atoms with E-state index in [0.29, 0.717) is 5.56 Å². The highest BCUT2D eigenvalue weighted by Crippen LogP contribution is 2.23. The summed E-state index contributed by atoms with van der Waals surface area (Å²) in [7, 11) is -3.59. The molecule has 0 aromatic heterocycles. The zero-order valence-electron chi connectivity index (χ0n) is 13.5. The van der Waals surface area contributed by atoms with Crippen LogP contribution in [-0.2, 0) is 9.84 Å². The van der Waals surface area contributed by atoms with Gasteiger partial charge < -0.3 is 4.74 Å². The summed E-state index contributed by atoms with van der Waals surface area (Å²) in [6.07, 6.45) is 0. The molecule has 0 heterocycles. The van der Waals surface area contributed by atoms with E-state index in [9.17, 15) is 13.2 Å². The van der Waals surface area contributed by atoms with E-state index in [4.69, 9.17) is 4.74 Å². The lowest BCUT2D eigenvalue weighted by atomic mass is 10.2. The van der Waals surface area contributed by atoms with Crippen LogP contribution in [0.5, 0.6) is 5.75 Å². The Morgan fingerprint density at radius 3 is 1.84 bits per heavy atom. The van der Waals surface area contributed by atoms with Gasteiger partial charge in [0.05, 0.1) is 15.4 Å². The number of rotatable bonds is 4. The molecule has 0 aliphatic rings. The number of aryl methyl sites for hydroxylation is 1. The maximum absolute atomic E-state index is 12.6. The van der Waals surface area contributed by atoms with Crippen molar-refractivity contribution in [2.45, 2.75) is 16.7 Å². The standard InChI is InChI=1S/C20H16O4S/c1-15-7-11-18(12-8-15)25(22,23)19-13-9-17(10-14-19)24-20(21)16-5-3-2-4-6-16/h2-14H,1H3. The third kappa shape index (κ3) is 3.78. The van der Waals surface area contributed by atoms with Crippen molar-refractivity contribution in [2.75, 3.05) is 0 Å². The average Bonchev–Trinajstić information content (AvgIpc) is 2.63. The second-order valence-corrected chi connectivity index (χ2v) is 7.49. The van der Waals surface area contributed by atoms with E-state index in [1.165, 1.54) is 24.3 Å². The fraction of sp³-hybridized carbons (Fsp3) is 0.0500. The van der Waals surface area contributed by atoms with E-state index in [1.54, 1.807) is 48.5 Å². The minimum Gasteiger partial charge on any atom is -0.423 e. The van der Waals surface area contributed by atoms with Crippen molar-refractivity contribution in [1.29, 1.82) is 0 Å². The highest BCUT2D eigenvalue weighted by atomic mass is 32.2. The Kier molecular flexibility index (Phi) is 4.67. The van der Waals surface area contributed by atoms with Crippen molar-refractivity contribution in [2.24, 2.45) is 0 Å². The lowest BCUT2D eigenvalue weighted by Crippen LogP contribution is -2.08. The van der Waals surface area contributed by atoms with Crippen LogP contribution in [0.4, 0.5) is 0 Å². The molecular formula is C20H16O4S. The van der Waals surface area contributed by atoms with E-state index < -0.39 is 15.8 Å². The molecular weight excluding hydrogens is 336 g/mol. The smallest absolute Gasteiger partial charge is 0.343 e. The molecule has 0 saturated heterocycles. The fourth-order valence-electron chi connectivity index (χ4n) is 2.28. The number of carbonyl (C=O) groups excluding carboxylic acids is 1. The molecule has 0 aliphatic carbocycles. The third-order valence-corrected chi connectivity index (χ3v) is 5.47. The van der Waals surface area contributed by atoms with Crippen LogP contribution in [0.25, 0.3) is 0 Å². The number of carbonyl (C=O) groups is 1. The molecule has 0 spiro atoms. The minimum absolute atomic E-state index is 0.149. The minimum atomic E-state index is -3.59. The number of benzene rings is 3. The molecule has 3 aromatic carbocycles. The summed E-state index contributed by atoms with van der Waals surface area (Å²) in [4.78, 5) is 12.4. The zero-order chi connectivity index (χ0) is 17.9. The van der Waals surface area contributed by atoms with Gasteiger partial charge in [0.2, 0.25) is 9.84 Å². The second kappa shape index (κ2) is 6.91. The van der Waals surface area contributed by atoms with E-state index in [0.717, 1.165) is 5.56 Å². The first-order chi connectivity index (χ1) is 12.0. The van der Waals surface area contributed by atoms with Crippen LogP contribution in [0.2, 0.25) is 0 Å². The van der Waals surface area contributed by atoms with E-state index >= 15 is 0 Å². The topological polar surface area (TPSA) is 60.4 Å². The summed E-state index contributed by atoms with van der Waals surface area (Å²) in [5.41, 5.74) is 1.42. The Labute approximate surface area is 146 Å². The first-order valence-electron chi connectivity index (χ1n) is 7.66. The molecule has 0 atom stereocenters. The van der Waals surface area contributed by atoms with Crippen molar-refractivity contribution in [3.05, 3.63) is 90.0 Å². The molecule has 0 aliphatic heterocycles. The van der Waals surface area contributed by atoms with Crippen molar-refractivity contribution in [3.8, 4) is 5.75 Å². The van der Waals surface area contributed by atoms with Crippen LogP contribution in [0.3, 0.4) is 0 Å². The SMILES string of the molecule is Cc1ccc(S(=O)(=O)c2ccc(OC(=O)c3ccccc3)cc2)cc1. The molecule has 25 heavy (non-hydrogen) atoms. The van der Waals surface area contributed by atoms with Crippen molar-refractivity contribution in [3.63, 3.8) is 0 Å². The molecule has 0 saturated carbocycles. The first-order valence-corrected chi connectivity index (χ1v) is 9.14. The van der Waals surface area contributed by atoms with Crippen LogP contribution < -0.4 is 4.74 Å². The zero-order valence-corrected chi connectivity index (χ0v) is 14.4. The normalized spacial score (nSPS) is 11.1. The van der Waals surface area contributed by atoms with Gasteiger partial charge >= 0.3 is 5.97 Å². The predicted octanol–water partition coefficient (Wildman–Crippen LogP) is 4.05. The number of hydrogen-bond acceptors (Lipinski definition) is 4. The lowest BCUT2D eigenvalue weighted by molar-refractivity contribution is 0.0734. The summed E-state index contributed by atoms with van der Waals surface area (Å²) in [6.45, 7) is 1.90. The molecule has 0 amide bonds. The highest BCUT2D eigenvalue weighted by Gasteiger charge is 2.17. The van der Waals surface area contributed by atoms with Crippen LogP contribution >= 0.6 is 0 Å². The molecule has 0 bridgehead atoms. The van der Waals surface area contributed by atoms with Gasteiger partial charge in [-0.05, 0) is 55.5 Å². The fourth-order valence-corrected chi connectivity index (χ4v) is 3.54. The van der Waals surface area contributed by atoms with Gasteiger partial charge in [0.25, 0.3) is 0 Å². The van der Waals surface area contributed by atoms with Crippen molar-refractivity contribution < 1.29 is 17.9 Å². The molecule has 0 fully saturated rings. The number of sulfone groups is 1. The van der Waals surface area contributed by atoms with E-state index in [2.05, 4.69) is 0 Å². The van der Waals surface area contributed by atoms with Gasteiger partial charge in [-0.1, -0.05) is 35.9 Å². The molecule has 0 radical (unpaired) electrons. The van der Waals surface area contributed by atoms with Gasteiger partial charge in [-0.2, -0.15) is 0 Å². The van der Waals surface area contributed by atoms with Gasteiger partial charge in [0.1, 0.15) is 5.75 Å². The molecule has 4 nitrogen and oxygen atoms in total. The van der Waals surface area contributed by atoms with Crippen LogP contribution in [0, 0.1) is 6.92 Å². The maximum Gasteiger partial charge on any atom is 0.343 e. The van der Waals surface area contributed by atoms with Gasteiger partial charge in [0.15, 0.2) is 0 Å². The highest BCUT2D eigenvalue weighted by molar-refractivity contribution is 7.91. The Hall–Kier alpha value is -2.92. The average molecular weight is 352 g/mol. The number of ether oxygens (including phenoxy) is 1. The monoisotopic (exact) mass is 352 g/mol. The van der Waals surface area contributed by atoms with Crippen LogP contribution in [-0.4, -0.2) is 14.4 Å². The van der Waals surface area contributed by atoms with Gasteiger partial charge in [0, 0.05) is 0 Å². The maximum atomic E-state index is 12.6. The summed E-state index contributed by atoms with van der Waals surface area (Å²) in [5.74, 6) is -0.202. The first kappa shape index (κ1) is 16.9. The molecule has 0 N–H and O–H groups in total. The van der Waals surface area contributed by atoms with E-state index in [-0.39, 0.29) is 15.5 Å². The Bertz CT molecular complexity index is 974. The molecule has 3 aromatic rings. The molecule has 5 heteroatoms. The summed E-state index contributed by atoms with van der Waals surface area (Å²) >= 11 is 0. The summed E-state index contributed by atoms with van der Waals surface area (Å²) in [6, 6.07) is 21.1. The third-order valence-electron chi connectivity index (χ3n) is 3.69. The van der Waals surface area contributed by atoms with E-state index in [1.807, 2.05) is 13.0 Å². The lowest BCUT2D eigenvalue weighted by Gasteiger charge is -2.07. The Morgan fingerprint density at radius 1 is 0.760 bits per heavy atom. The van der Waals surface area contributed by atoms with Gasteiger partial charge in [-0.3, -0.25) is 0 Å². The van der Waals surface area contributed by atoms with Crippen LogP contribution in [0.15, 0.2) is 88.7 Å².